The van der Waals surface area contributed by atoms with Gasteiger partial charge in [0.05, 0.1) is 17.9 Å². The molecule has 0 saturated carbocycles. The van der Waals surface area contributed by atoms with E-state index >= 15 is 0 Å². The topological polar surface area (TPSA) is 161 Å². The normalized spacial score (nSPS) is 13.7. The lowest BCUT2D eigenvalue weighted by atomic mass is 9.77. The largest absolute Gasteiger partial charge is 0.491 e. The zero-order valence-corrected chi connectivity index (χ0v) is 69.4. The van der Waals surface area contributed by atoms with E-state index in [2.05, 4.69) is 116 Å². The molecule has 0 fully saturated rings. The smallest absolute Gasteiger partial charge is 0.249 e. The molecule has 2 aliphatic carbocycles. The van der Waals surface area contributed by atoms with E-state index in [0.29, 0.717) is 102 Å². The maximum absolute atomic E-state index is 11.8. The number of hydrogen-bond donors (Lipinski definition) is 0. The summed E-state index contributed by atoms with van der Waals surface area (Å²) in [7, 11) is 0. The molecule has 0 bridgehead atoms. The Kier molecular flexibility index (Phi) is 53.4. The van der Waals surface area contributed by atoms with Crippen molar-refractivity contribution in [3.63, 3.8) is 0 Å². The van der Waals surface area contributed by atoms with Crippen LogP contribution in [0.2, 0.25) is 0 Å². The minimum Gasteiger partial charge on any atom is -0.491 e. The van der Waals surface area contributed by atoms with Gasteiger partial charge in [0.25, 0.3) is 0 Å². The Hall–Kier alpha value is -7.60. The van der Waals surface area contributed by atoms with Gasteiger partial charge in [-0.3, -0.25) is 38.4 Å². The number of hydrogen-bond acceptors (Lipinski definition) is 12. The Bertz CT molecular complexity index is 4110. The van der Waals surface area contributed by atoms with Gasteiger partial charge in [-0.2, -0.15) is 0 Å². The SMILES string of the molecule is C.C.C.C.CC.CC.CC.CC.CC.CC.CC.CC.Cc1c(CC2CCCc3ccc(CC(C)C)cc32)c(=O)c1=O.Cc1c(CC2CCc3ccc(CC(C)C)cc32)c(=O)c1=O.Cc1c(N2CCOc3ccc(CC(C)C)cc3C2)c(=O)c1=O.Cc1c(N2CCc3cc(CC(C)C)ccc3OC2)c(=O)c1=O. The zero-order chi connectivity index (χ0) is 78.7. The van der Waals surface area contributed by atoms with Crippen molar-refractivity contribution in [1.29, 1.82) is 0 Å². The Balaban J connectivity index is -0.000000613. The van der Waals surface area contributed by atoms with Gasteiger partial charge in [0.1, 0.15) is 18.1 Å². The van der Waals surface area contributed by atoms with Crippen LogP contribution in [0.3, 0.4) is 0 Å². The molecule has 2 unspecified atom stereocenters. The first-order valence-corrected chi connectivity index (χ1v) is 39.8. The molecule has 2 heterocycles. The highest BCUT2D eigenvalue weighted by atomic mass is 16.5. The second-order valence-corrected chi connectivity index (χ2v) is 26.9. The minimum absolute atomic E-state index is 0. The molecule has 2 atom stereocenters. The fourth-order valence-electron chi connectivity index (χ4n) is 13.6. The number of rotatable bonds is 14. The van der Waals surface area contributed by atoms with Gasteiger partial charge in [-0.05, 0) is 202 Å². The quantitative estimate of drug-likeness (QED) is 0.0949. The summed E-state index contributed by atoms with van der Waals surface area (Å²) in [6.45, 7) is 59.5. The lowest BCUT2D eigenvalue weighted by Crippen LogP contribution is -2.44. The van der Waals surface area contributed by atoms with Gasteiger partial charge >= 0.3 is 0 Å². The van der Waals surface area contributed by atoms with E-state index in [4.69, 9.17) is 9.47 Å². The summed E-state index contributed by atoms with van der Waals surface area (Å²) in [5.74, 6) is 5.09. The number of ether oxygens (including phenoxy) is 2. The summed E-state index contributed by atoms with van der Waals surface area (Å²) >= 11 is 0. The third-order valence-electron chi connectivity index (χ3n) is 18.2. The van der Waals surface area contributed by atoms with Crippen LogP contribution >= 0.6 is 0 Å². The summed E-state index contributed by atoms with van der Waals surface area (Å²) in [4.78, 5) is 96.5. The number of benzene rings is 4. The van der Waals surface area contributed by atoms with Crippen molar-refractivity contribution in [3.8, 4) is 11.5 Å². The highest BCUT2D eigenvalue weighted by Crippen LogP contribution is 2.38. The maximum Gasteiger partial charge on any atom is 0.249 e. The lowest BCUT2D eigenvalue weighted by molar-refractivity contribution is 0.320. The van der Waals surface area contributed by atoms with Crippen LogP contribution in [0.4, 0.5) is 11.4 Å². The van der Waals surface area contributed by atoms with E-state index in [9.17, 15) is 38.4 Å². The highest BCUT2D eigenvalue weighted by Gasteiger charge is 2.30. The second kappa shape index (κ2) is 54.1. The molecule has 107 heavy (non-hydrogen) atoms. The van der Waals surface area contributed by atoms with Crippen molar-refractivity contribution >= 4 is 11.4 Å². The average Bonchev–Trinajstić information content (AvgIpc) is 1.66. The Labute approximate surface area is 651 Å². The monoisotopic (exact) mass is 1480 g/mol. The summed E-state index contributed by atoms with van der Waals surface area (Å²) in [5.41, 5.74) is 15.9. The first-order chi connectivity index (χ1) is 49.4. The molecule has 0 amide bonds. The molecule has 2 aliphatic heterocycles. The standard InChI is InChI=1S/C20H24O2.C19H22O2.2C18H21NO3.8C2H6.4CH4/c1-12(2)9-14-7-8-15-5-4-6-16(18(15)10-14)11-17-13(3)19(21)20(17)22;1-11(2)8-13-4-5-14-6-7-15(17(14)9-13)10-16-12(3)18(20)19(16)21;1-11(2)8-13-4-5-15-14(9-13)10-19(6-7-22-15)16-12(3)17(20)18(16)21;1-11(2)8-13-4-5-15-14(9-13)6-7-19(10-22-15)16-12(3)17(20)18(16)21;8*1-2;;;;/h7-8,10,12,16H,4-6,9,11H2,1-3H3;4-5,9,11,15H,6-8,10H2,1-3H3;2*4-5,9,11H,6-8,10H2,1-3H3;8*1-2H3;4*1H4. The van der Waals surface area contributed by atoms with E-state index in [1.54, 1.807) is 27.7 Å². The third-order valence-corrected chi connectivity index (χ3v) is 18.2. The van der Waals surface area contributed by atoms with Crippen LogP contribution in [-0.4, -0.2) is 26.4 Å². The van der Waals surface area contributed by atoms with Crippen LogP contribution in [0, 0.1) is 51.4 Å². The van der Waals surface area contributed by atoms with Crippen molar-refractivity contribution in [2.45, 2.75) is 319 Å². The molecule has 8 aromatic rings. The predicted molar refractivity (Wildman–Crippen MR) is 469 cm³/mol. The average molecular weight is 1480 g/mol. The Morgan fingerprint density at radius 2 is 0.701 bits per heavy atom. The highest BCUT2D eigenvalue weighted by molar-refractivity contribution is 5.60. The third kappa shape index (κ3) is 28.4. The van der Waals surface area contributed by atoms with Crippen molar-refractivity contribution in [1.82, 2.24) is 0 Å². The van der Waals surface area contributed by atoms with Crippen molar-refractivity contribution in [3.05, 3.63) is 244 Å². The first-order valence-electron chi connectivity index (χ1n) is 39.8. The van der Waals surface area contributed by atoms with Crippen molar-refractivity contribution in [2.24, 2.45) is 23.7 Å². The molecule has 4 aliphatic rings. The van der Waals surface area contributed by atoms with Crippen LogP contribution in [0.15, 0.2) is 111 Å². The molecule has 8 aromatic carbocycles. The van der Waals surface area contributed by atoms with Crippen LogP contribution in [0.5, 0.6) is 11.5 Å². The van der Waals surface area contributed by atoms with E-state index in [0.717, 1.165) is 98.8 Å². The number of anilines is 2. The molecule has 0 radical (unpaired) electrons. The minimum atomic E-state index is -0.382. The summed E-state index contributed by atoms with van der Waals surface area (Å²) < 4.78 is 11.6. The van der Waals surface area contributed by atoms with Gasteiger partial charge in [0, 0.05) is 52.0 Å². The maximum atomic E-state index is 11.8. The van der Waals surface area contributed by atoms with E-state index in [1.807, 2.05) is 133 Å². The van der Waals surface area contributed by atoms with Crippen LogP contribution in [0.1, 0.15) is 316 Å². The number of fused-ring (bicyclic) bond motifs is 4. The Morgan fingerprint density at radius 1 is 0.355 bits per heavy atom. The van der Waals surface area contributed by atoms with E-state index < -0.39 is 0 Å². The van der Waals surface area contributed by atoms with Crippen molar-refractivity contribution < 1.29 is 9.47 Å². The van der Waals surface area contributed by atoms with E-state index in [1.165, 1.54) is 56.5 Å². The molecule has 12 heteroatoms. The zero-order valence-electron chi connectivity index (χ0n) is 69.4. The predicted octanol–water partition coefficient (Wildman–Crippen LogP) is 21.6. The molecule has 12 nitrogen and oxygen atoms in total. The molecule has 0 aromatic heterocycles. The van der Waals surface area contributed by atoms with Gasteiger partial charge in [0.2, 0.25) is 43.4 Å². The van der Waals surface area contributed by atoms with Crippen molar-refractivity contribution in [2.75, 3.05) is 36.2 Å². The summed E-state index contributed by atoms with van der Waals surface area (Å²) in [5, 5.41) is 0. The first kappa shape index (κ1) is 106. The van der Waals surface area contributed by atoms with Gasteiger partial charge in [-0.1, -0.05) is 257 Å². The molecule has 602 valence electrons. The fourth-order valence-corrected chi connectivity index (χ4v) is 13.6. The molecule has 0 N–H and O–H groups in total. The number of nitrogens with zero attached hydrogens (tertiary/aromatic N) is 2. The van der Waals surface area contributed by atoms with Crippen LogP contribution in [-0.2, 0) is 64.3 Å². The lowest BCUT2D eigenvalue weighted by Gasteiger charge is -2.27. The van der Waals surface area contributed by atoms with E-state index in [-0.39, 0.29) is 73.1 Å². The number of aryl methyl sites for hydroxylation is 2. The van der Waals surface area contributed by atoms with Gasteiger partial charge in [0.15, 0.2) is 6.73 Å². The molecule has 0 spiro atoms. The van der Waals surface area contributed by atoms with Gasteiger partial charge in [-0.15, -0.1) is 0 Å². The van der Waals surface area contributed by atoms with Gasteiger partial charge in [-0.25, -0.2) is 0 Å². The molecule has 12 rings (SSSR count). The Morgan fingerprint density at radius 3 is 1.09 bits per heavy atom. The fraction of sp³-hybridized carbons (Fsp3) is 0.579. The molecular weight excluding hydrogens is 1330 g/mol. The second-order valence-electron chi connectivity index (χ2n) is 26.9. The van der Waals surface area contributed by atoms with Crippen LogP contribution in [0.25, 0.3) is 0 Å². The van der Waals surface area contributed by atoms with Crippen LogP contribution < -0.4 is 62.7 Å². The van der Waals surface area contributed by atoms with Gasteiger partial charge < -0.3 is 19.3 Å². The molecular formula is C95H152N2O10. The molecule has 0 saturated heterocycles. The summed E-state index contributed by atoms with van der Waals surface area (Å²) in [6.07, 6.45) is 12.2. The summed E-state index contributed by atoms with van der Waals surface area (Å²) in [6, 6.07) is 26.3.